The summed E-state index contributed by atoms with van der Waals surface area (Å²) in [4.78, 5) is 15.5. The normalized spacial score (nSPS) is 12.1. The Morgan fingerprint density at radius 2 is 2.33 bits per heavy atom. The second-order valence-corrected chi connectivity index (χ2v) is 4.26. The van der Waals surface area contributed by atoms with E-state index in [1.165, 1.54) is 0 Å². The Balaban J connectivity index is 2.04. The van der Waals surface area contributed by atoms with Crippen molar-refractivity contribution in [2.24, 2.45) is 0 Å². The van der Waals surface area contributed by atoms with Gasteiger partial charge in [0, 0.05) is 38.4 Å². The molecule has 1 heterocycles. The van der Waals surface area contributed by atoms with E-state index in [2.05, 4.69) is 15.6 Å². The first-order chi connectivity index (χ1) is 8.68. The summed E-state index contributed by atoms with van der Waals surface area (Å²) in [5, 5.41) is 14.9. The molecule has 0 aliphatic rings. The minimum atomic E-state index is -0.355. The Morgan fingerprint density at radius 1 is 1.50 bits per heavy atom. The number of aliphatic hydroxyl groups excluding tert-OH is 1. The first kappa shape index (κ1) is 14.6. The highest BCUT2D eigenvalue weighted by atomic mass is 16.3. The topological polar surface area (TPSA) is 74.2 Å². The van der Waals surface area contributed by atoms with Crippen molar-refractivity contribution in [2.45, 2.75) is 25.9 Å². The first-order valence-corrected chi connectivity index (χ1v) is 6.23. The minimum absolute atomic E-state index is 0.0395. The lowest BCUT2D eigenvalue weighted by molar-refractivity contribution is -0.121. The number of rotatable bonds is 8. The van der Waals surface area contributed by atoms with Gasteiger partial charge in [-0.15, -0.1) is 0 Å². The molecule has 3 N–H and O–H groups in total. The third kappa shape index (κ3) is 6.98. The Kier molecular flexibility index (Phi) is 6.98. The standard InChI is InChI=1S/C13H21N3O2/c1-11(17)9-15-7-8-16-13(18)5-4-12-3-2-6-14-10-12/h2-3,6,10-11,15,17H,4-5,7-9H2,1H3,(H,16,18). The molecule has 5 heteroatoms. The summed E-state index contributed by atoms with van der Waals surface area (Å²) in [6, 6.07) is 3.83. The van der Waals surface area contributed by atoms with Crippen molar-refractivity contribution in [2.75, 3.05) is 19.6 Å². The number of aliphatic hydroxyl groups is 1. The number of pyridine rings is 1. The van der Waals surface area contributed by atoms with Crippen LogP contribution in [0.5, 0.6) is 0 Å². The fourth-order valence-electron chi connectivity index (χ4n) is 1.49. The van der Waals surface area contributed by atoms with E-state index >= 15 is 0 Å². The maximum absolute atomic E-state index is 11.5. The average molecular weight is 251 g/mol. The number of carbonyl (C=O) groups excluding carboxylic acids is 1. The van der Waals surface area contributed by atoms with Crippen LogP contribution in [0, 0.1) is 0 Å². The molecule has 0 aromatic carbocycles. The summed E-state index contributed by atoms with van der Waals surface area (Å²) in [6.07, 6.45) is 4.32. The summed E-state index contributed by atoms with van der Waals surface area (Å²) in [7, 11) is 0. The molecular weight excluding hydrogens is 230 g/mol. The molecule has 0 aliphatic heterocycles. The summed E-state index contributed by atoms with van der Waals surface area (Å²) in [5.74, 6) is 0.0395. The zero-order valence-electron chi connectivity index (χ0n) is 10.7. The third-order valence-electron chi connectivity index (χ3n) is 2.43. The van der Waals surface area contributed by atoms with Gasteiger partial charge < -0.3 is 15.7 Å². The van der Waals surface area contributed by atoms with E-state index in [1.54, 1.807) is 19.3 Å². The van der Waals surface area contributed by atoms with Crippen molar-refractivity contribution in [3.8, 4) is 0 Å². The Morgan fingerprint density at radius 3 is 3.00 bits per heavy atom. The van der Waals surface area contributed by atoms with Gasteiger partial charge in [-0.3, -0.25) is 9.78 Å². The molecule has 5 nitrogen and oxygen atoms in total. The fraction of sp³-hybridized carbons (Fsp3) is 0.538. The molecule has 0 saturated carbocycles. The molecule has 0 fully saturated rings. The van der Waals surface area contributed by atoms with E-state index in [4.69, 9.17) is 5.11 Å². The molecule has 0 spiro atoms. The van der Waals surface area contributed by atoms with Gasteiger partial charge in [0.15, 0.2) is 0 Å². The van der Waals surface area contributed by atoms with E-state index in [-0.39, 0.29) is 12.0 Å². The lowest BCUT2D eigenvalue weighted by atomic mass is 10.1. The number of hydrogen-bond donors (Lipinski definition) is 3. The fourth-order valence-corrected chi connectivity index (χ4v) is 1.49. The van der Waals surface area contributed by atoms with E-state index in [0.29, 0.717) is 32.5 Å². The predicted molar refractivity (Wildman–Crippen MR) is 70.1 cm³/mol. The number of carbonyl (C=O) groups is 1. The molecule has 1 atom stereocenters. The van der Waals surface area contributed by atoms with Crippen molar-refractivity contribution in [3.05, 3.63) is 30.1 Å². The highest BCUT2D eigenvalue weighted by Crippen LogP contribution is 1.99. The molecule has 1 amide bonds. The molecule has 1 aromatic rings. The number of aryl methyl sites for hydroxylation is 1. The van der Waals surface area contributed by atoms with Gasteiger partial charge in [-0.25, -0.2) is 0 Å². The largest absolute Gasteiger partial charge is 0.392 e. The monoisotopic (exact) mass is 251 g/mol. The van der Waals surface area contributed by atoms with Crippen molar-refractivity contribution < 1.29 is 9.90 Å². The van der Waals surface area contributed by atoms with Crippen molar-refractivity contribution >= 4 is 5.91 Å². The van der Waals surface area contributed by atoms with Crippen molar-refractivity contribution in [3.63, 3.8) is 0 Å². The molecule has 0 aliphatic carbocycles. The molecular formula is C13H21N3O2. The molecule has 1 rings (SSSR count). The van der Waals surface area contributed by atoms with Crippen LogP contribution >= 0.6 is 0 Å². The molecule has 100 valence electrons. The smallest absolute Gasteiger partial charge is 0.220 e. The number of hydrogen-bond acceptors (Lipinski definition) is 4. The third-order valence-corrected chi connectivity index (χ3v) is 2.43. The number of amides is 1. The second-order valence-electron chi connectivity index (χ2n) is 4.26. The summed E-state index contributed by atoms with van der Waals surface area (Å²) in [5.41, 5.74) is 1.07. The van der Waals surface area contributed by atoms with Crippen LogP contribution in [0.2, 0.25) is 0 Å². The molecule has 0 radical (unpaired) electrons. The van der Waals surface area contributed by atoms with Crippen LogP contribution < -0.4 is 10.6 Å². The van der Waals surface area contributed by atoms with Gasteiger partial charge in [-0.2, -0.15) is 0 Å². The zero-order valence-corrected chi connectivity index (χ0v) is 10.7. The van der Waals surface area contributed by atoms with Crippen LogP contribution in [0.3, 0.4) is 0 Å². The predicted octanol–water partition coefficient (Wildman–Crippen LogP) is 0.101. The average Bonchev–Trinajstić information content (AvgIpc) is 2.37. The van der Waals surface area contributed by atoms with Crippen LogP contribution in [0.25, 0.3) is 0 Å². The Hall–Kier alpha value is -1.46. The van der Waals surface area contributed by atoms with E-state index in [0.717, 1.165) is 5.56 Å². The Labute approximate surface area is 108 Å². The lowest BCUT2D eigenvalue weighted by Gasteiger charge is -2.08. The van der Waals surface area contributed by atoms with Crippen LogP contribution in [-0.2, 0) is 11.2 Å². The van der Waals surface area contributed by atoms with Gasteiger partial charge in [-0.05, 0) is 25.0 Å². The van der Waals surface area contributed by atoms with Crippen LogP contribution in [-0.4, -0.2) is 41.7 Å². The summed E-state index contributed by atoms with van der Waals surface area (Å²) < 4.78 is 0. The molecule has 1 unspecified atom stereocenters. The molecule has 1 aromatic heterocycles. The SMILES string of the molecule is CC(O)CNCCNC(=O)CCc1cccnc1. The maximum Gasteiger partial charge on any atom is 0.220 e. The number of aromatic nitrogens is 1. The molecule has 0 saturated heterocycles. The van der Waals surface area contributed by atoms with Crippen molar-refractivity contribution in [1.82, 2.24) is 15.6 Å². The quantitative estimate of drug-likeness (QED) is 0.573. The maximum atomic E-state index is 11.5. The van der Waals surface area contributed by atoms with E-state index in [9.17, 15) is 4.79 Å². The number of nitrogens with one attached hydrogen (secondary N) is 2. The lowest BCUT2D eigenvalue weighted by Crippen LogP contribution is -2.34. The van der Waals surface area contributed by atoms with Crippen LogP contribution in [0.4, 0.5) is 0 Å². The van der Waals surface area contributed by atoms with Crippen LogP contribution in [0.15, 0.2) is 24.5 Å². The van der Waals surface area contributed by atoms with Gasteiger partial charge in [0.1, 0.15) is 0 Å². The van der Waals surface area contributed by atoms with E-state index in [1.807, 2.05) is 12.1 Å². The van der Waals surface area contributed by atoms with Gasteiger partial charge in [-0.1, -0.05) is 6.07 Å². The highest BCUT2D eigenvalue weighted by molar-refractivity contribution is 5.76. The number of nitrogens with zero attached hydrogens (tertiary/aromatic N) is 1. The first-order valence-electron chi connectivity index (χ1n) is 6.23. The molecule has 0 bridgehead atoms. The zero-order chi connectivity index (χ0) is 13.2. The van der Waals surface area contributed by atoms with Gasteiger partial charge in [0.2, 0.25) is 5.91 Å². The molecule has 18 heavy (non-hydrogen) atoms. The highest BCUT2D eigenvalue weighted by Gasteiger charge is 2.01. The van der Waals surface area contributed by atoms with Crippen molar-refractivity contribution in [1.29, 1.82) is 0 Å². The summed E-state index contributed by atoms with van der Waals surface area (Å²) in [6.45, 7) is 3.52. The van der Waals surface area contributed by atoms with Gasteiger partial charge >= 0.3 is 0 Å². The Bertz CT molecular complexity index is 341. The van der Waals surface area contributed by atoms with Gasteiger partial charge in [0.25, 0.3) is 0 Å². The van der Waals surface area contributed by atoms with E-state index < -0.39 is 0 Å². The van der Waals surface area contributed by atoms with Gasteiger partial charge in [0.05, 0.1) is 6.10 Å². The minimum Gasteiger partial charge on any atom is -0.392 e. The van der Waals surface area contributed by atoms with Crippen LogP contribution in [0.1, 0.15) is 18.9 Å². The second kappa shape index (κ2) is 8.60. The summed E-state index contributed by atoms with van der Waals surface area (Å²) >= 11 is 0.